The van der Waals surface area contributed by atoms with Crippen LogP contribution in [0.25, 0.3) is 10.1 Å². The molecule has 2 heterocycles. The van der Waals surface area contributed by atoms with E-state index in [1.165, 1.54) is 19.8 Å². The first-order valence-electron chi connectivity index (χ1n) is 6.10. The zero-order valence-electron chi connectivity index (χ0n) is 10.7. The number of rotatable bonds is 3. The molecule has 3 aromatic rings. The summed E-state index contributed by atoms with van der Waals surface area (Å²) in [6, 6.07) is 13.2. The van der Waals surface area contributed by atoms with E-state index in [1.54, 1.807) is 11.3 Å². The van der Waals surface area contributed by atoms with Crippen molar-refractivity contribution in [3.8, 4) is 0 Å². The van der Waals surface area contributed by atoms with Crippen LogP contribution in [0.3, 0.4) is 0 Å². The Kier molecular flexibility index (Phi) is 3.63. The first-order valence-corrected chi connectivity index (χ1v) is 8.11. The average Bonchev–Trinajstić information content (AvgIpc) is 2.95. The van der Waals surface area contributed by atoms with Gasteiger partial charge in [0.05, 0.1) is 10.4 Å². The van der Waals surface area contributed by atoms with Crippen molar-refractivity contribution in [2.45, 2.75) is 13.0 Å². The van der Waals surface area contributed by atoms with Crippen molar-refractivity contribution < 1.29 is 0 Å². The van der Waals surface area contributed by atoms with Gasteiger partial charge in [-0.2, -0.15) is 0 Å². The molecule has 98 valence electrons. The van der Waals surface area contributed by atoms with Crippen LogP contribution < -0.4 is 5.32 Å². The Bertz CT molecular complexity index is 661. The lowest BCUT2D eigenvalue weighted by atomic mass is 10.1. The van der Waals surface area contributed by atoms with Crippen molar-refractivity contribution in [2.24, 2.45) is 0 Å². The van der Waals surface area contributed by atoms with Crippen molar-refractivity contribution >= 4 is 44.4 Å². The van der Waals surface area contributed by atoms with Gasteiger partial charge in [-0.15, -0.1) is 22.7 Å². The number of hydrogen-bond donors (Lipinski definition) is 1. The van der Waals surface area contributed by atoms with Gasteiger partial charge in [0.2, 0.25) is 0 Å². The summed E-state index contributed by atoms with van der Waals surface area (Å²) in [4.78, 5) is 2.61. The zero-order valence-corrected chi connectivity index (χ0v) is 13.1. The molecule has 19 heavy (non-hydrogen) atoms. The Morgan fingerprint density at radius 2 is 1.84 bits per heavy atom. The Balaban J connectivity index is 2.06. The van der Waals surface area contributed by atoms with Gasteiger partial charge < -0.3 is 5.32 Å². The minimum absolute atomic E-state index is 0.230. The molecule has 1 nitrogen and oxygen atoms in total. The maximum Gasteiger partial charge on any atom is 0.0961 e. The summed E-state index contributed by atoms with van der Waals surface area (Å²) in [5.41, 5.74) is 1.16. The highest BCUT2D eigenvalue weighted by Gasteiger charge is 2.18. The lowest BCUT2D eigenvalue weighted by Gasteiger charge is -2.11. The molecule has 1 atom stereocenters. The number of halogens is 1. The summed E-state index contributed by atoms with van der Waals surface area (Å²) < 4.78 is 2.22. The number of nitrogens with one attached hydrogen (secondary N) is 1. The first-order chi connectivity index (χ1) is 9.19. The molecule has 0 bridgehead atoms. The van der Waals surface area contributed by atoms with Gasteiger partial charge in [-0.25, -0.2) is 0 Å². The van der Waals surface area contributed by atoms with E-state index in [9.17, 15) is 0 Å². The number of fused-ring (bicyclic) bond motifs is 1. The maximum atomic E-state index is 6.19. The molecule has 1 N–H and O–H groups in total. The van der Waals surface area contributed by atoms with Crippen LogP contribution >= 0.6 is 34.3 Å². The third-order valence-electron chi connectivity index (χ3n) is 3.18. The van der Waals surface area contributed by atoms with Crippen LogP contribution in [0.15, 0.2) is 36.4 Å². The predicted octanol–water partition coefficient (Wildman–Crippen LogP) is 5.23. The molecule has 0 saturated heterocycles. The van der Waals surface area contributed by atoms with Crippen molar-refractivity contribution in [1.82, 2.24) is 5.32 Å². The van der Waals surface area contributed by atoms with E-state index in [0.717, 1.165) is 9.90 Å². The molecule has 0 aliphatic carbocycles. The normalized spacial score (nSPS) is 13.0. The molecule has 0 spiro atoms. The second-order valence-corrected chi connectivity index (χ2v) is 7.31. The fourth-order valence-corrected chi connectivity index (χ4v) is 4.81. The van der Waals surface area contributed by atoms with E-state index >= 15 is 0 Å². The molecule has 0 radical (unpaired) electrons. The van der Waals surface area contributed by atoms with Gasteiger partial charge >= 0.3 is 0 Å². The molecule has 0 aliphatic heterocycles. The van der Waals surface area contributed by atoms with E-state index in [1.807, 2.05) is 18.4 Å². The predicted molar refractivity (Wildman–Crippen MR) is 86.8 cm³/mol. The lowest BCUT2D eigenvalue weighted by Crippen LogP contribution is -2.14. The lowest BCUT2D eigenvalue weighted by molar-refractivity contribution is 0.716. The summed E-state index contributed by atoms with van der Waals surface area (Å²) in [6.07, 6.45) is 0. The third-order valence-corrected chi connectivity index (χ3v) is 5.98. The molecule has 3 rings (SSSR count). The van der Waals surface area contributed by atoms with E-state index < -0.39 is 0 Å². The van der Waals surface area contributed by atoms with Crippen molar-refractivity contribution in [2.75, 3.05) is 7.05 Å². The van der Waals surface area contributed by atoms with Crippen LogP contribution in [0.5, 0.6) is 0 Å². The Morgan fingerprint density at radius 1 is 1.11 bits per heavy atom. The maximum absolute atomic E-state index is 6.19. The molecular formula is C15H14ClNS2. The standard InChI is InChI=1S/C15H14ClNS2/c1-9-7-12(19-15(9)16)14(17-2)13-8-10-5-3-4-6-11(10)18-13/h3-8,14,17H,1-2H3. The van der Waals surface area contributed by atoms with Crippen LogP contribution in [-0.2, 0) is 0 Å². The van der Waals surface area contributed by atoms with Gasteiger partial charge in [-0.05, 0) is 43.1 Å². The molecule has 0 amide bonds. The van der Waals surface area contributed by atoms with E-state index in [4.69, 9.17) is 11.6 Å². The molecule has 0 fully saturated rings. The largest absolute Gasteiger partial charge is 0.308 e. The van der Waals surface area contributed by atoms with Crippen LogP contribution in [0.2, 0.25) is 4.34 Å². The van der Waals surface area contributed by atoms with Crippen LogP contribution in [0.4, 0.5) is 0 Å². The molecule has 0 saturated carbocycles. The first kappa shape index (κ1) is 13.1. The van der Waals surface area contributed by atoms with Gasteiger partial charge in [-0.1, -0.05) is 29.8 Å². The van der Waals surface area contributed by atoms with E-state index in [2.05, 4.69) is 48.6 Å². The monoisotopic (exact) mass is 307 g/mol. The molecular weight excluding hydrogens is 294 g/mol. The molecule has 1 unspecified atom stereocenters. The second-order valence-electron chi connectivity index (χ2n) is 4.51. The third kappa shape index (κ3) is 2.43. The Hall–Kier alpha value is -0.870. The average molecular weight is 308 g/mol. The smallest absolute Gasteiger partial charge is 0.0961 e. The second kappa shape index (κ2) is 5.25. The number of thiophene rings is 2. The summed E-state index contributed by atoms with van der Waals surface area (Å²) in [7, 11) is 2.00. The Labute approximate surface area is 125 Å². The summed E-state index contributed by atoms with van der Waals surface area (Å²) in [5.74, 6) is 0. The minimum atomic E-state index is 0.230. The van der Waals surface area contributed by atoms with Crippen LogP contribution in [0, 0.1) is 6.92 Å². The molecule has 1 aromatic carbocycles. The highest BCUT2D eigenvalue weighted by Crippen LogP contribution is 2.38. The number of benzene rings is 1. The van der Waals surface area contributed by atoms with E-state index in [-0.39, 0.29) is 6.04 Å². The van der Waals surface area contributed by atoms with Gasteiger partial charge in [0, 0.05) is 14.5 Å². The number of aryl methyl sites for hydroxylation is 1. The van der Waals surface area contributed by atoms with Crippen LogP contribution in [0.1, 0.15) is 21.4 Å². The summed E-state index contributed by atoms with van der Waals surface area (Å²) in [5, 5.41) is 4.71. The van der Waals surface area contributed by atoms with Gasteiger partial charge in [0.1, 0.15) is 0 Å². The van der Waals surface area contributed by atoms with Crippen molar-refractivity contribution in [1.29, 1.82) is 0 Å². The summed E-state index contributed by atoms with van der Waals surface area (Å²) >= 11 is 9.69. The van der Waals surface area contributed by atoms with Gasteiger partial charge in [0.15, 0.2) is 0 Å². The SMILES string of the molecule is CNC(c1cc(C)c(Cl)s1)c1cc2ccccc2s1. The van der Waals surface area contributed by atoms with Crippen molar-refractivity contribution in [3.63, 3.8) is 0 Å². The fourth-order valence-electron chi connectivity index (χ4n) is 2.20. The van der Waals surface area contributed by atoms with Crippen molar-refractivity contribution in [3.05, 3.63) is 56.1 Å². The Morgan fingerprint density at radius 3 is 2.47 bits per heavy atom. The molecule has 2 aromatic heterocycles. The highest BCUT2D eigenvalue weighted by atomic mass is 35.5. The van der Waals surface area contributed by atoms with Crippen LogP contribution in [-0.4, -0.2) is 7.05 Å². The molecule has 0 aliphatic rings. The van der Waals surface area contributed by atoms with Gasteiger partial charge in [-0.3, -0.25) is 0 Å². The number of hydrogen-bond acceptors (Lipinski definition) is 3. The zero-order chi connectivity index (χ0) is 13.4. The minimum Gasteiger partial charge on any atom is -0.308 e. The quantitative estimate of drug-likeness (QED) is 0.698. The highest BCUT2D eigenvalue weighted by molar-refractivity contribution is 7.19. The molecule has 4 heteroatoms. The summed E-state index contributed by atoms with van der Waals surface area (Å²) in [6.45, 7) is 2.06. The topological polar surface area (TPSA) is 12.0 Å². The van der Waals surface area contributed by atoms with Gasteiger partial charge in [0.25, 0.3) is 0 Å². The fraction of sp³-hybridized carbons (Fsp3) is 0.200. The van der Waals surface area contributed by atoms with E-state index in [0.29, 0.717) is 0 Å².